The number of ketones is 1. The van der Waals surface area contributed by atoms with Gasteiger partial charge in [-0.15, -0.1) is 11.3 Å². The number of nitrogens with one attached hydrogen (secondary N) is 1. The Morgan fingerprint density at radius 2 is 1.56 bits per heavy atom. The predicted molar refractivity (Wildman–Crippen MR) is 212 cm³/mol. The maximum atomic E-state index is 13.9. The highest BCUT2D eigenvalue weighted by Gasteiger charge is 2.38. The number of carbonyl (C=O) groups excluding carboxylic acids is 4. The Bertz CT molecular complexity index is 2120. The third kappa shape index (κ3) is 10.2. The van der Waals surface area contributed by atoms with Crippen LogP contribution in [0.1, 0.15) is 109 Å². The van der Waals surface area contributed by atoms with Crippen molar-refractivity contribution < 1.29 is 37.1 Å². The first-order valence-electron chi connectivity index (χ1n) is 19.1. The summed E-state index contributed by atoms with van der Waals surface area (Å²) in [6.07, 6.45) is 8.26. The van der Waals surface area contributed by atoms with Crippen LogP contribution in [0.2, 0.25) is 0 Å². The number of rotatable bonds is 18. The molecule has 0 unspecified atom stereocenters. The van der Waals surface area contributed by atoms with Crippen LogP contribution in [0.25, 0.3) is 0 Å². The van der Waals surface area contributed by atoms with Crippen molar-refractivity contribution in [2.75, 3.05) is 25.6 Å². The quantitative estimate of drug-likeness (QED) is 0.0799. The van der Waals surface area contributed by atoms with Crippen molar-refractivity contribution in [3.8, 4) is 0 Å². The smallest absolute Gasteiger partial charge is 0.337 e. The molecule has 290 valence electrons. The van der Waals surface area contributed by atoms with Gasteiger partial charge in [0.15, 0.2) is 5.78 Å². The summed E-state index contributed by atoms with van der Waals surface area (Å²) in [6, 6.07) is 21.3. The highest BCUT2D eigenvalue weighted by atomic mass is 32.2. The van der Waals surface area contributed by atoms with E-state index in [4.69, 9.17) is 9.47 Å². The summed E-state index contributed by atoms with van der Waals surface area (Å²) in [6.45, 7) is 2.21. The predicted octanol–water partition coefficient (Wildman–Crippen LogP) is 7.76. The van der Waals surface area contributed by atoms with Crippen LogP contribution in [0.4, 0.5) is 5.69 Å². The van der Waals surface area contributed by atoms with Crippen LogP contribution in [-0.4, -0.2) is 62.7 Å². The maximum absolute atomic E-state index is 13.9. The third-order valence-electron chi connectivity index (χ3n) is 10.1. The van der Waals surface area contributed by atoms with E-state index >= 15 is 0 Å². The Labute approximate surface area is 327 Å². The summed E-state index contributed by atoms with van der Waals surface area (Å²) in [4.78, 5) is 53.2. The van der Waals surface area contributed by atoms with Crippen molar-refractivity contribution in [3.05, 3.63) is 116 Å². The molecule has 55 heavy (non-hydrogen) atoms. The van der Waals surface area contributed by atoms with Crippen molar-refractivity contribution in [2.45, 2.75) is 94.9 Å². The molecule has 1 N–H and O–H groups in total. The molecule has 1 aromatic heterocycles. The lowest BCUT2D eigenvalue weighted by molar-refractivity contribution is -0.143. The van der Waals surface area contributed by atoms with Gasteiger partial charge in [0.05, 0.1) is 29.7 Å². The van der Waals surface area contributed by atoms with E-state index in [-0.39, 0.29) is 66.1 Å². The number of Topliss-reactive ketones (excluding diaryl/α,β-unsaturated/α-hetero) is 1. The van der Waals surface area contributed by atoms with E-state index < -0.39 is 10.0 Å². The average molecular weight is 785 g/mol. The van der Waals surface area contributed by atoms with E-state index in [0.29, 0.717) is 28.1 Å². The molecule has 6 rings (SSSR count). The van der Waals surface area contributed by atoms with E-state index in [1.807, 2.05) is 36.4 Å². The fraction of sp³-hybridized carbons (Fsp3) is 0.395. The summed E-state index contributed by atoms with van der Waals surface area (Å²) in [5, 5.41) is 3.07. The summed E-state index contributed by atoms with van der Waals surface area (Å²) >= 11 is 1.51. The van der Waals surface area contributed by atoms with E-state index in [2.05, 4.69) is 5.32 Å². The SMILES string of the molecule is CCOC(=O)CCCN(C1CC1)S(=O)(=O)c1cccc(C(=O)Cc2sc3c(c2C(=O)Nc2ccc(CCCc4ccc(C(=O)OC)cc4)cc2)CCCC3)c1. The molecule has 0 radical (unpaired) electrons. The van der Waals surface area contributed by atoms with Gasteiger partial charge < -0.3 is 14.8 Å². The molecule has 0 spiro atoms. The fourth-order valence-corrected chi connectivity index (χ4v) is 10.2. The number of thiophene rings is 1. The second-order valence-corrected chi connectivity index (χ2v) is 17.2. The van der Waals surface area contributed by atoms with E-state index in [1.54, 1.807) is 31.2 Å². The molecule has 0 atom stereocenters. The lowest BCUT2D eigenvalue weighted by atomic mass is 9.93. The second kappa shape index (κ2) is 18.3. The van der Waals surface area contributed by atoms with Crippen LogP contribution in [0.15, 0.2) is 77.7 Å². The van der Waals surface area contributed by atoms with Crippen LogP contribution in [0, 0.1) is 0 Å². The lowest BCUT2D eigenvalue weighted by Crippen LogP contribution is -2.34. The number of fused-ring (bicyclic) bond motifs is 1. The summed E-state index contributed by atoms with van der Waals surface area (Å²) in [7, 11) is -2.54. The van der Waals surface area contributed by atoms with E-state index in [1.165, 1.54) is 34.9 Å². The number of aryl methyl sites for hydroxylation is 3. The van der Waals surface area contributed by atoms with Gasteiger partial charge in [-0.25, -0.2) is 13.2 Å². The van der Waals surface area contributed by atoms with Gasteiger partial charge in [0, 0.05) is 46.4 Å². The van der Waals surface area contributed by atoms with Gasteiger partial charge in [0.25, 0.3) is 5.91 Å². The van der Waals surface area contributed by atoms with Crippen molar-refractivity contribution in [1.29, 1.82) is 0 Å². The second-order valence-electron chi connectivity index (χ2n) is 14.1. The number of nitrogens with zero attached hydrogens (tertiary/aromatic N) is 1. The molecular weight excluding hydrogens is 737 g/mol. The minimum Gasteiger partial charge on any atom is -0.466 e. The molecule has 2 aliphatic carbocycles. The number of esters is 2. The molecule has 0 bridgehead atoms. The lowest BCUT2D eigenvalue weighted by Gasteiger charge is -2.22. The Balaban J connectivity index is 1.11. The van der Waals surface area contributed by atoms with Crippen molar-refractivity contribution >= 4 is 50.7 Å². The van der Waals surface area contributed by atoms with Crippen molar-refractivity contribution in [1.82, 2.24) is 4.31 Å². The number of anilines is 1. The molecular formula is C43H48N2O8S2. The van der Waals surface area contributed by atoms with Crippen LogP contribution in [0.5, 0.6) is 0 Å². The number of hydrogen-bond acceptors (Lipinski definition) is 9. The van der Waals surface area contributed by atoms with Gasteiger partial charge in [0.2, 0.25) is 10.0 Å². The highest BCUT2D eigenvalue weighted by molar-refractivity contribution is 7.89. The number of hydrogen-bond donors (Lipinski definition) is 1. The zero-order valence-electron chi connectivity index (χ0n) is 31.4. The van der Waals surface area contributed by atoms with Gasteiger partial charge in [0.1, 0.15) is 0 Å². The fourth-order valence-electron chi connectivity index (χ4n) is 7.07. The monoisotopic (exact) mass is 784 g/mol. The summed E-state index contributed by atoms with van der Waals surface area (Å²) in [5.74, 6) is -1.20. The maximum Gasteiger partial charge on any atom is 0.337 e. The van der Waals surface area contributed by atoms with Gasteiger partial charge in [-0.3, -0.25) is 14.4 Å². The average Bonchev–Trinajstić information content (AvgIpc) is 3.96. The molecule has 3 aromatic carbocycles. The van der Waals surface area contributed by atoms with Gasteiger partial charge in [-0.05, 0) is 124 Å². The number of methoxy groups -OCH3 is 1. The van der Waals surface area contributed by atoms with Crippen molar-refractivity contribution in [3.63, 3.8) is 0 Å². The third-order valence-corrected chi connectivity index (χ3v) is 13.3. The van der Waals surface area contributed by atoms with Crippen LogP contribution in [-0.2, 0) is 56.4 Å². The minimum atomic E-state index is -3.91. The number of benzene rings is 3. The molecule has 0 aliphatic heterocycles. The number of carbonyl (C=O) groups is 4. The van der Waals surface area contributed by atoms with Crippen LogP contribution in [0.3, 0.4) is 0 Å². The van der Waals surface area contributed by atoms with E-state index in [9.17, 15) is 27.6 Å². The molecule has 1 fully saturated rings. The molecule has 1 heterocycles. The molecule has 10 nitrogen and oxygen atoms in total. The van der Waals surface area contributed by atoms with Crippen LogP contribution < -0.4 is 5.32 Å². The van der Waals surface area contributed by atoms with Gasteiger partial charge in [-0.1, -0.05) is 36.4 Å². The molecule has 1 amide bonds. The molecule has 2 aliphatic rings. The largest absolute Gasteiger partial charge is 0.466 e. The number of amides is 1. The first-order valence-corrected chi connectivity index (χ1v) is 21.3. The van der Waals surface area contributed by atoms with Gasteiger partial charge >= 0.3 is 11.9 Å². The van der Waals surface area contributed by atoms with Gasteiger partial charge in [-0.2, -0.15) is 4.31 Å². The summed E-state index contributed by atoms with van der Waals surface area (Å²) < 4.78 is 38.8. The molecule has 12 heteroatoms. The highest BCUT2D eigenvalue weighted by Crippen LogP contribution is 2.37. The first kappa shape index (κ1) is 40.0. The zero-order valence-corrected chi connectivity index (χ0v) is 33.1. The minimum absolute atomic E-state index is 0.0137. The number of sulfonamides is 1. The Morgan fingerprint density at radius 1 is 0.873 bits per heavy atom. The Morgan fingerprint density at radius 3 is 2.24 bits per heavy atom. The molecule has 0 saturated heterocycles. The van der Waals surface area contributed by atoms with Crippen molar-refractivity contribution in [2.24, 2.45) is 0 Å². The number of ether oxygens (including phenoxy) is 2. The topological polar surface area (TPSA) is 136 Å². The first-order chi connectivity index (χ1) is 26.6. The van der Waals surface area contributed by atoms with E-state index in [0.717, 1.165) is 79.4 Å². The normalized spacial score (nSPS) is 13.9. The Kier molecular flexibility index (Phi) is 13.3. The summed E-state index contributed by atoms with van der Waals surface area (Å²) in [5.41, 5.74) is 5.32. The van der Waals surface area contributed by atoms with Crippen LogP contribution >= 0.6 is 11.3 Å². The zero-order chi connectivity index (χ0) is 39.0. The Hall–Kier alpha value is -4.65. The molecule has 1 saturated carbocycles. The standard InChI is InChI=1S/C43H48N2O8S2/c1-3-53-40(47)15-8-26-45(34-24-25-34)55(50,51)35-12-7-11-32(27-35)37(46)28-39-41(36-13-4-5-14-38(36)54-39)42(48)44-33-22-18-30(19-23-33)10-6-9-29-16-20-31(21-17-29)43(49)52-2/h7,11-12,16-23,27,34H,3-6,8-10,13-15,24-26,28H2,1-2H3,(H,44,48). The molecule has 4 aromatic rings.